The van der Waals surface area contributed by atoms with Crippen LogP contribution in [0.1, 0.15) is 25.8 Å². The third-order valence-corrected chi connectivity index (χ3v) is 6.43. The predicted octanol–water partition coefficient (Wildman–Crippen LogP) is 3.35. The number of fused-ring (bicyclic) bond motifs is 1. The number of nitrogens with zero attached hydrogens (tertiary/aromatic N) is 2. The molecule has 0 radical (unpaired) electrons. The minimum atomic E-state index is -0.395. The van der Waals surface area contributed by atoms with Crippen LogP contribution >= 0.6 is 0 Å². The molecule has 35 heavy (non-hydrogen) atoms. The largest absolute Gasteiger partial charge is 0.495 e. The molecule has 8 nitrogen and oxygen atoms in total. The molecule has 2 aromatic rings. The summed E-state index contributed by atoms with van der Waals surface area (Å²) < 4.78 is 17.4. The average Bonchev–Trinajstić information content (AvgIpc) is 2.87. The van der Waals surface area contributed by atoms with Gasteiger partial charge in [0.25, 0.3) is 0 Å². The van der Waals surface area contributed by atoms with E-state index in [1.807, 2.05) is 50.2 Å². The Morgan fingerprint density at radius 2 is 1.83 bits per heavy atom. The molecule has 0 aliphatic carbocycles. The van der Waals surface area contributed by atoms with Gasteiger partial charge in [0.05, 0.1) is 18.7 Å². The first-order chi connectivity index (χ1) is 16.9. The van der Waals surface area contributed by atoms with Crippen molar-refractivity contribution in [2.45, 2.75) is 32.8 Å². The van der Waals surface area contributed by atoms with E-state index in [1.54, 1.807) is 7.11 Å². The van der Waals surface area contributed by atoms with Gasteiger partial charge >= 0.3 is 5.97 Å². The van der Waals surface area contributed by atoms with E-state index in [4.69, 9.17) is 14.2 Å². The van der Waals surface area contributed by atoms with Crippen molar-refractivity contribution in [3.8, 4) is 11.5 Å². The lowest BCUT2D eigenvalue weighted by atomic mass is 10.0. The van der Waals surface area contributed by atoms with Gasteiger partial charge in [-0.1, -0.05) is 32.0 Å². The number of rotatable bonds is 9. The van der Waals surface area contributed by atoms with Gasteiger partial charge < -0.3 is 24.4 Å². The van der Waals surface area contributed by atoms with Crippen molar-refractivity contribution < 1.29 is 23.8 Å². The number of anilines is 2. The molecule has 2 aromatic carbocycles. The van der Waals surface area contributed by atoms with Crippen molar-refractivity contribution in [2.24, 2.45) is 5.92 Å². The van der Waals surface area contributed by atoms with Crippen LogP contribution < -0.4 is 19.7 Å². The molecule has 1 saturated heterocycles. The zero-order valence-corrected chi connectivity index (χ0v) is 20.8. The molecule has 1 amide bonds. The number of carbonyl (C=O) groups excluding carboxylic acids is 2. The Hall–Kier alpha value is -3.26. The van der Waals surface area contributed by atoms with E-state index in [9.17, 15) is 9.59 Å². The SMILES string of the molecule is COc1ccccc1N1CCN(CC(COc2ccc3c(c2)NC(=O)CC3)OC(=O)C(C)C)CC1. The monoisotopic (exact) mass is 481 g/mol. The molecule has 2 aliphatic heterocycles. The molecular formula is C27H35N3O5. The quantitative estimate of drug-likeness (QED) is 0.550. The zero-order chi connectivity index (χ0) is 24.8. The average molecular weight is 482 g/mol. The second kappa shape index (κ2) is 11.4. The highest BCUT2D eigenvalue weighted by atomic mass is 16.6. The van der Waals surface area contributed by atoms with Crippen LogP contribution in [0.2, 0.25) is 0 Å². The Morgan fingerprint density at radius 3 is 2.57 bits per heavy atom. The molecule has 0 bridgehead atoms. The lowest BCUT2D eigenvalue weighted by molar-refractivity contribution is -0.155. The molecular weight excluding hydrogens is 446 g/mol. The number of benzene rings is 2. The lowest BCUT2D eigenvalue weighted by Gasteiger charge is -2.37. The Kier molecular flexibility index (Phi) is 8.13. The van der Waals surface area contributed by atoms with Gasteiger partial charge in [-0.05, 0) is 30.2 Å². The van der Waals surface area contributed by atoms with E-state index >= 15 is 0 Å². The van der Waals surface area contributed by atoms with Gasteiger partial charge in [0.2, 0.25) is 5.91 Å². The maximum Gasteiger partial charge on any atom is 0.308 e. The van der Waals surface area contributed by atoms with E-state index < -0.39 is 6.10 Å². The topological polar surface area (TPSA) is 80.3 Å². The molecule has 0 aromatic heterocycles. The van der Waals surface area contributed by atoms with Gasteiger partial charge in [0.15, 0.2) is 0 Å². The van der Waals surface area contributed by atoms with Crippen molar-refractivity contribution in [3.63, 3.8) is 0 Å². The fourth-order valence-corrected chi connectivity index (χ4v) is 4.40. The molecule has 0 saturated carbocycles. The Morgan fingerprint density at radius 1 is 1.06 bits per heavy atom. The molecule has 8 heteroatoms. The molecule has 1 fully saturated rings. The smallest absolute Gasteiger partial charge is 0.308 e. The standard InChI is InChI=1S/C27H35N3O5/c1-19(2)27(32)35-22(18-34-21-10-8-20-9-11-26(31)28-23(20)16-21)17-29-12-14-30(15-13-29)24-6-4-5-7-25(24)33-3/h4-8,10,16,19,22H,9,11-15,17-18H2,1-3H3,(H,28,31). The number of ether oxygens (including phenoxy) is 3. The number of para-hydroxylation sites is 2. The van der Waals surface area contributed by atoms with Gasteiger partial charge in [0.1, 0.15) is 24.2 Å². The van der Waals surface area contributed by atoms with Crippen molar-refractivity contribution in [1.29, 1.82) is 0 Å². The number of hydrogen-bond acceptors (Lipinski definition) is 7. The zero-order valence-electron chi connectivity index (χ0n) is 20.8. The second-order valence-electron chi connectivity index (χ2n) is 9.35. The summed E-state index contributed by atoms with van der Waals surface area (Å²) in [7, 11) is 1.69. The number of carbonyl (C=O) groups is 2. The summed E-state index contributed by atoms with van der Waals surface area (Å²) >= 11 is 0. The number of esters is 1. The molecule has 1 N–H and O–H groups in total. The summed E-state index contributed by atoms with van der Waals surface area (Å²) in [6, 6.07) is 13.8. The summed E-state index contributed by atoms with van der Waals surface area (Å²) in [5, 5.41) is 2.90. The first-order valence-corrected chi connectivity index (χ1v) is 12.3. The molecule has 4 rings (SSSR count). The molecule has 1 unspecified atom stereocenters. The van der Waals surface area contributed by atoms with Gasteiger partial charge in [-0.3, -0.25) is 14.5 Å². The van der Waals surface area contributed by atoms with Crippen LogP contribution in [0.5, 0.6) is 11.5 Å². The number of methoxy groups -OCH3 is 1. The Bertz CT molecular complexity index is 1030. The van der Waals surface area contributed by atoms with Crippen LogP contribution in [0.25, 0.3) is 0 Å². The fraction of sp³-hybridized carbons (Fsp3) is 0.481. The van der Waals surface area contributed by atoms with Gasteiger partial charge in [-0.2, -0.15) is 0 Å². The van der Waals surface area contributed by atoms with Crippen molar-refractivity contribution in [2.75, 3.05) is 56.7 Å². The van der Waals surface area contributed by atoms with Crippen molar-refractivity contribution in [3.05, 3.63) is 48.0 Å². The molecule has 188 valence electrons. The van der Waals surface area contributed by atoms with Crippen LogP contribution in [-0.2, 0) is 20.7 Å². The molecule has 2 heterocycles. The number of piperazine rings is 1. The van der Waals surface area contributed by atoms with Gasteiger partial charge in [-0.15, -0.1) is 0 Å². The summed E-state index contributed by atoms with van der Waals surface area (Å²) in [5.41, 5.74) is 3.00. The normalized spacial score (nSPS) is 16.9. The number of amides is 1. The van der Waals surface area contributed by atoms with E-state index in [0.29, 0.717) is 18.7 Å². The minimum Gasteiger partial charge on any atom is -0.495 e. The second-order valence-corrected chi connectivity index (χ2v) is 9.35. The summed E-state index contributed by atoms with van der Waals surface area (Å²) in [5.74, 6) is 1.10. The van der Waals surface area contributed by atoms with Crippen LogP contribution in [0, 0.1) is 5.92 Å². The van der Waals surface area contributed by atoms with Crippen LogP contribution in [0.15, 0.2) is 42.5 Å². The lowest BCUT2D eigenvalue weighted by Crippen LogP contribution is -2.50. The highest BCUT2D eigenvalue weighted by Gasteiger charge is 2.25. The summed E-state index contributed by atoms with van der Waals surface area (Å²) in [4.78, 5) is 28.7. The third kappa shape index (κ3) is 6.45. The predicted molar refractivity (Wildman–Crippen MR) is 135 cm³/mol. The minimum absolute atomic E-state index is 0.0191. The highest BCUT2D eigenvalue weighted by Crippen LogP contribution is 2.29. The number of aryl methyl sites for hydroxylation is 1. The van der Waals surface area contributed by atoms with E-state index in [2.05, 4.69) is 21.2 Å². The van der Waals surface area contributed by atoms with Crippen molar-refractivity contribution in [1.82, 2.24) is 4.90 Å². The third-order valence-electron chi connectivity index (χ3n) is 6.43. The fourth-order valence-electron chi connectivity index (χ4n) is 4.40. The van der Waals surface area contributed by atoms with Crippen LogP contribution in [-0.4, -0.2) is 69.3 Å². The Balaban J connectivity index is 1.36. The first-order valence-electron chi connectivity index (χ1n) is 12.3. The highest BCUT2D eigenvalue weighted by molar-refractivity contribution is 5.94. The van der Waals surface area contributed by atoms with Gasteiger partial charge in [0, 0.05) is 50.9 Å². The number of hydrogen-bond donors (Lipinski definition) is 1. The molecule has 2 aliphatic rings. The summed E-state index contributed by atoms with van der Waals surface area (Å²) in [6.45, 7) is 7.92. The number of nitrogens with one attached hydrogen (secondary N) is 1. The molecule has 0 spiro atoms. The maximum absolute atomic E-state index is 12.4. The van der Waals surface area contributed by atoms with E-state index in [1.165, 1.54) is 0 Å². The molecule has 1 atom stereocenters. The van der Waals surface area contributed by atoms with E-state index in [0.717, 1.165) is 55.3 Å². The van der Waals surface area contributed by atoms with E-state index in [-0.39, 0.29) is 24.4 Å². The van der Waals surface area contributed by atoms with Crippen LogP contribution in [0.3, 0.4) is 0 Å². The maximum atomic E-state index is 12.4. The summed E-state index contributed by atoms with van der Waals surface area (Å²) in [6.07, 6.45) is 0.843. The Labute approximate surface area is 207 Å². The van der Waals surface area contributed by atoms with Gasteiger partial charge in [-0.25, -0.2) is 0 Å². The van der Waals surface area contributed by atoms with Crippen LogP contribution in [0.4, 0.5) is 11.4 Å². The first kappa shape index (κ1) is 24.9. The van der Waals surface area contributed by atoms with Crippen molar-refractivity contribution >= 4 is 23.3 Å².